The van der Waals surface area contributed by atoms with Crippen molar-refractivity contribution >= 4 is 48.2 Å². The van der Waals surface area contributed by atoms with Crippen molar-refractivity contribution in [1.29, 1.82) is 0 Å². The van der Waals surface area contributed by atoms with Crippen molar-refractivity contribution in [2.45, 2.75) is 13.3 Å². The Morgan fingerprint density at radius 1 is 0.737 bits per heavy atom. The molecule has 4 rings (SSSR count). The second-order valence-electron chi connectivity index (χ2n) is 5.05. The van der Waals surface area contributed by atoms with Gasteiger partial charge in [-0.1, -0.05) is 65.3 Å². The van der Waals surface area contributed by atoms with Gasteiger partial charge in [0.05, 0.1) is 0 Å². The molecule has 0 fully saturated rings. The van der Waals surface area contributed by atoms with E-state index in [1.165, 1.54) is 42.4 Å². The standard InChI is InChI=1S/C18H13Br/c1-2-11-3-4-12-5-6-13-7-10-16(19)15-9-8-14(11)17(12)18(13)15/h3-10H,2H2,1H3. The van der Waals surface area contributed by atoms with Crippen molar-refractivity contribution < 1.29 is 0 Å². The van der Waals surface area contributed by atoms with Crippen molar-refractivity contribution in [1.82, 2.24) is 0 Å². The molecule has 0 unspecified atom stereocenters. The van der Waals surface area contributed by atoms with Crippen LogP contribution < -0.4 is 0 Å². The van der Waals surface area contributed by atoms with Crippen LogP contribution in [0, 0.1) is 0 Å². The average Bonchev–Trinajstić information content (AvgIpc) is 2.46. The first-order chi connectivity index (χ1) is 9.29. The molecule has 0 saturated carbocycles. The molecule has 0 aliphatic carbocycles. The molecule has 0 bridgehead atoms. The smallest absolute Gasteiger partial charge is 0.0254 e. The summed E-state index contributed by atoms with van der Waals surface area (Å²) in [7, 11) is 0. The minimum absolute atomic E-state index is 1.08. The molecule has 0 aromatic heterocycles. The molecule has 0 heterocycles. The van der Waals surface area contributed by atoms with Crippen molar-refractivity contribution in [2.75, 3.05) is 0 Å². The Hall–Kier alpha value is -1.60. The summed E-state index contributed by atoms with van der Waals surface area (Å²) in [5.41, 5.74) is 1.43. The zero-order valence-corrected chi connectivity index (χ0v) is 12.3. The van der Waals surface area contributed by atoms with Crippen LogP contribution in [0.25, 0.3) is 32.3 Å². The van der Waals surface area contributed by atoms with Crippen LogP contribution in [0.5, 0.6) is 0 Å². The van der Waals surface area contributed by atoms with Gasteiger partial charge in [-0.3, -0.25) is 0 Å². The van der Waals surface area contributed by atoms with E-state index in [-0.39, 0.29) is 0 Å². The van der Waals surface area contributed by atoms with Crippen LogP contribution in [0.2, 0.25) is 0 Å². The Balaban J connectivity index is 2.39. The number of benzene rings is 4. The summed E-state index contributed by atoms with van der Waals surface area (Å²) < 4.78 is 1.18. The summed E-state index contributed by atoms with van der Waals surface area (Å²) in [6, 6.07) is 17.8. The van der Waals surface area contributed by atoms with Crippen molar-refractivity contribution in [3.63, 3.8) is 0 Å². The van der Waals surface area contributed by atoms with Gasteiger partial charge in [0.2, 0.25) is 0 Å². The van der Waals surface area contributed by atoms with E-state index in [0.717, 1.165) is 6.42 Å². The van der Waals surface area contributed by atoms with Crippen LogP contribution in [-0.2, 0) is 6.42 Å². The maximum atomic E-state index is 3.68. The van der Waals surface area contributed by atoms with E-state index < -0.39 is 0 Å². The second kappa shape index (κ2) is 3.94. The van der Waals surface area contributed by atoms with E-state index in [0.29, 0.717) is 0 Å². The summed E-state index contributed by atoms with van der Waals surface area (Å²) in [5.74, 6) is 0. The molecule has 0 N–H and O–H groups in total. The number of hydrogen-bond acceptors (Lipinski definition) is 0. The van der Waals surface area contributed by atoms with Crippen LogP contribution in [0.15, 0.2) is 53.0 Å². The number of halogens is 1. The van der Waals surface area contributed by atoms with E-state index in [2.05, 4.69) is 71.4 Å². The first-order valence-electron chi connectivity index (χ1n) is 6.64. The van der Waals surface area contributed by atoms with Crippen LogP contribution in [0.4, 0.5) is 0 Å². The highest BCUT2D eigenvalue weighted by Crippen LogP contribution is 2.38. The Labute approximate surface area is 120 Å². The summed E-state index contributed by atoms with van der Waals surface area (Å²) in [5, 5.41) is 8.17. The number of hydrogen-bond donors (Lipinski definition) is 0. The molecular weight excluding hydrogens is 296 g/mol. The fraction of sp³-hybridized carbons (Fsp3) is 0.111. The van der Waals surface area contributed by atoms with E-state index in [1.807, 2.05) is 0 Å². The molecule has 0 atom stereocenters. The van der Waals surface area contributed by atoms with E-state index in [9.17, 15) is 0 Å². The monoisotopic (exact) mass is 308 g/mol. The van der Waals surface area contributed by atoms with E-state index in [1.54, 1.807) is 0 Å². The van der Waals surface area contributed by atoms with Gasteiger partial charge in [-0.05, 0) is 50.4 Å². The maximum absolute atomic E-state index is 3.68. The molecule has 0 spiro atoms. The fourth-order valence-corrected chi connectivity index (χ4v) is 3.60. The predicted molar refractivity (Wildman–Crippen MR) is 87.2 cm³/mol. The molecule has 0 aliphatic rings. The van der Waals surface area contributed by atoms with Gasteiger partial charge < -0.3 is 0 Å². The third-order valence-electron chi connectivity index (χ3n) is 4.08. The summed E-state index contributed by atoms with van der Waals surface area (Å²) in [4.78, 5) is 0. The molecule has 0 amide bonds. The van der Waals surface area contributed by atoms with Crippen molar-refractivity contribution in [3.05, 3.63) is 58.6 Å². The minimum Gasteiger partial charge on any atom is -0.0613 e. The third kappa shape index (κ3) is 1.45. The first-order valence-corrected chi connectivity index (χ1v) is 7.44. The average molecular weight is 309 g/mol. The van der Waals surface area contributed by atoms with Crippen LogP contribution in [0.3, 0.4) is 0 Å². The zero-order chi connectivity index (χ0) is 13.0. The maximum Gasteiger partial charge on any atom is 0.0254 e. The highest BCUT2D eigenvalue weighted by molar-refractivity contribution is 9.10. The summed E-state index contributed by atoms with van der Waals surface area (Å²) in [6.07, 6.45) is 1.08. The first kappa shape index (κ1) is 11.2. The topological polar surface area (TPSA) is 0 Å². The number of rotatable bonds is 1. The summed E-state index contributed by atoms with van der Waals surface area (Å²) in [6.45, 7) is 2.22. The van der Waals surface area contributed by atoms with Gasteiger partial charge in [-0.25, -0.2) is 0 Å². The Kier molecular flexibility index (Phi) is 2.33. The molecule has 0 nitrogen and oxygen atoms in total. The second-order valence-corrected chi connectivity index (χ2v) is 5.90. The Morgan fingerprint density at radius 2 is 1.32 bits per heavy atom. The molecular formula is C18H13Br. The lowest BCUT2D eigenvalue weighted by Crippen LogP contribution is -1.88. The molecule has 4 aromatic carbocycles. The van der Waals surface area contributed by atoms with Crippen LogP contribution in [0.1, 0.15) is 12.5 Å². The van der Waals surface area contributed by atoms with Crippen molar-refractivity contribution in [3.8, 4) is 0 Å². The van der Waals surface area contributed by atoms with Gasteiger partial charge in [0.1, 0.15) is 0 Å². The molecule has 0 saturated heterocycles. The Morgan fingerprint density at radius 3 is 2.05 bits per heavy atom. The van der Waals surface area contributed by atoms with Crippen LogP contribution in [-0.4, -0.2) is 0 Å². The molecule has 1 heteroatoms. The zero-order valence-electron chi connectivity index (χ0n) is 10.7. The van der Waals surface area contributed by atoms with Crippen LogP contribution >= 0.6 is 15.9 Å². The molecule has 0 radical (unpaired) electrons. The summed E-state index contributed by atoms with van der Waals surface area (Å²) >= 11 is 3.68. The van der Waals surface area contributed by atoms with Gasteiger partial charge in [0, 0.05) is 4.47 Å². The molecule has 0 aliphatic heterocycles. The van der Waals surface area contributed by atoms with E-state index in [4.69, 9.17) is 0 Å². The predicted octanol–water partition coefficient (Wildman–Crippen LogP) is 5.91. The SMILES string of the molecule is CCc1ccc2ccc3ccc(Br)c4ccc1c2c34. The fourth-order valence-electron chi connectivity index (χ4n) is 3.13. The quantitative estimate of drug-likeness (QED) is 0.383. The minimum atomic E-state index is 1.08. The van der Waals surface area contributed by atoms with Gasteiger partial charge >= 0.3 is 0 Å². The number of aryl methyl sites for hydroxylation is 1. The third-order valence-corrected chi connectivity index (χ3v) is 4.77. The van der Waals surface area contributed by atoms with E-state index >= 15 is 0 Å². The van der Waals surface area contributed by atoms with Gasteiger partial charge in [0.15, 0.2) is 0 Å². The molecule has 4 aromatic rings. The lowest BCUT2D eigenvalue weighted by atomic mass is 9.91. The highest BCUT2D eigenvalue weighted by Gasteiger charge is 2.11. The van der Waals surface area contributed by atoms with Gasteiger partial charge in [-0.15, -0.1) is 0 Å². The lowest BCUT2D eigenvalue weighted by molar-refractivity contribution is 1.16. The largest absolute Gasteiger partial charge is 0.0613 e. The normalized spacial score (nSPS) is 11.9. The molecule has 92 valence electrons. The van der Waals surface area contributed by atoms with Gasteiger partial charge in [-0.2, -0.15) is 0 Å². The Bertz CT molecular complexity index is 906. The molecule has 19 heavy (non-hydrogen) atoms. The lowest BCUT2D eigenvalue weighted by Gasteiger charge is -2.13. The highest BCUT2D eigenvalue weighted by atomic mass is 79.9. The van der Waals surface area contributed by atoms with Crippen molar-refractivity contribution in [2.24, 2.45) is 0 Å². The van der Waals surface area contributed by atoms with Gasteiger partial charge in [0.25, 0.3) is 0 Å².